The molecule has 3 rings (SSSR count). The summed E-state index contributed by atoms with van der Waals surface area (Å²) in [5.74, 6) is -0.530. The van der Waals surface area contributed by atoms with E-state index in [0.29, 0.717) is 42.9 Å². The molecule has 24 heavy (non-hydrogen) atoms. The van der Waals surface area contributed by atoms with Crippen molar-refractivity contribution in [3.63, 3.8) is 0 Å². The highest BCUT2D eigenvalue weighted by Gasteiger charge is 2.25. The van der Waals surface area contributed by atoms with Crippen LogP contribution < -0.4 is 0 Å². The second-order valence-corrected chi connectivity index (χ2v) is 5.79. The number of pyridine rings is 1. The lowest BCUT2D eigenvalue weighted by Gasteiger charge is -2.34. The van der Waals surface area contributed by atoms with Gasteiger partial charge in [0, 0.05) is 44.1 Å². The summed E-state index contributed by atoms with van der Waals surface area (Å²) in [5, 5.41) is 0. The molecule has 1 aromatic heterocycles. The molecule has 0 spiro atoms. The average molecular weight is 327 g/mol. The Morgan fingerprint density at radius 2 is 1.62 bits per heavy atom. The monoisotopic (exact) mass is 327 g/mol. The van der Waals surface area contributed by atoms with E-state index in [1.807, 2.05) is 0 Å². The lowest BCUT2D eigenvalue weighted by molar-refractivity contribution is 0.0535. The van der Waals surface area contributed by atoms with Gasteiger partial charge in [0.1, 0.15) is 5.82 Å². The van der Waals surface area contributed by atoms with E-state index in [1.54, 1.807) is 47.3 Å². The van der Waals surface area contributed by atoms with Gasteiger partial charge >= 0.3 is 0 Å². The van der Waals surface area contributed by atoms with Crippen LogP contribution in [0.15, 0.2) is 42.7 Å². The number of amides is 2. The Labute approximate surface area is 139 Å². The van der Waals surface area contributed by atoms with Gasteiger partial charge in [-0.2, -0.15) is 0 Å². The summed E-state index contributed by atoms with van der Waals surface area (Å²) in [5.41, 5.74) is 1.47. The Bertz CT molecular complexity index is 756. The predicted octanol–water partition coefficient (Wildman–Crippen LogP) is 2.13. The van der Waals surface area contributed by atoms with E-state index in [9.17, 15) is 14.0 Å². The largest absolute Gasteiger partial charge is 0.335 e. The molecule has 1 aliphatic rings. The fourth-order valence-electron chi connectivity index (χ4n) is 2.74. The van der Waals surface area contributed by atoms with Gasteiger partial charge in [0.2, 0.25) is 0 Å². The molecule has 1 saturated heterocycles. The predicted molar refractivity (Wildman–Crippen MR) is 87.2 cm³/mol. The highest BCUT2D eigenvalue weighted by atomic mass is 19.1. The highest BCUT2D eigenvalue weighted by molar-refractivity contribution is 5.96. The van der Waals surface area contributed by atoms with E-state index in [2.05, 4.69) is 4.98 Å². The molecule has 0 N–H and O–H groups in total. The average Bonchev–Trinajstić information content (AvgIpc) is 2.63. The minimum atomic E-state index is -0.321. The summed E-state index contributed by atoms with van der Waals surface area (Å²) in [4.78, 5) is 32.2. The third kappa shape index (κ3) is 3.27. The van der Waals surface area contributed by atoms with Gasteiger partial charge in [-0.05, 0) is 42.8 Å². The van der Waals surface area contributed by atoms with Gasteiger partial charge in [-0.15, -0.1) is 0 Å². The third-order valence-electron chi connectivity index (χ3n) is 4.17. The molecule has 1 aliphatic heterocycles. The van der Waals surface area contributed by atoms with Gasteiger partial charge in [0.15, 0.2) is 0 Å². The summed E-state index contributed by atoms with van der Waals surface area (Å²) in [6.45, 7) is 3.50. The zero-order valence-corrected chi connectivity index (χ0v) is 13.4. The molecule has 0 saturated carbocycles. The molecule has 0 aliphatic carbocycles. The summed E-state index contributed by atoms with van der Waals surface area (Å²) < 4.78 is 13.3. The van der Waals surface area contributed by atoms with Crippen molar-refractivity contribution >= 4 is 11.8 Å². The van der Waals surface area contributed by atoms with Crippen LogP contribution in [0.4, 0.5) is 4.39 Å². The lowest BCUT2D eigenvalue weighted by atomic mass is 10.1. The van der Waals surface area contributed by atoms with Gasteiger partial charge in [0.25, 0.3) is 11.8 Å². The van der Waals surface area contributed by atoms with Crippen molar-refractivity contribution in [3.8, 4) is 0 Å². The summed E-state index contributed by atoms with van der Waals surface area (Å²) in [6, 6.07) is 7.82. The highest BCUT2D eigenvalue weighted by Crippen LogP contribution is 2.14. The van der Waals surface area contributed by atoms with E-state index in [1.165, 1.54) is 12.1 Å². The van der Waals surface area contributed by atoms with Gasteiger partial charge in [0.05, 0.1) is 5.56 Å². The lowest BCUT2D eigenvalue weighted by Crippen LogP contribution is -2.50. The number of aryl methyl sites for hydroxylation is 1. The Kier molecular flexibility index (Phi) is 4.55. The molecule has 0 bridgehead atoms. The number of hydrogen-bond acceptors (Lipinski definition) is 3. The molecular weight excluding hydrogens is 309 g/mol. The van der Waals surface area contributed by atoms with Crippen LogP contribution in [0.2, 0.25) is 0 Å². The summed E-state index contributed by atoms with van der Waals surface area (Å²) in [7, 11) is 0. The first kappa shape index (κ1) is 16.1. The Balaban J connectivity index is 1.63. The third-order valence-corrected chi connectivity index (χ3v) is 4.17. The molecule has 2 heterocycles. The van der Waals surface area contributed by atoms with Crippen LogP contribution in [-0.2, 0) is 0 Å². The van der Waals surface area contributed by atoms with Crippen LogP contribution in [0, 0.1) is 12.7 Å². The molecule has 0 radical (unpaired) electrons. The Hall–Kier alpha value is -2.76. The van der Waals surface area contributed by atoms with Crippen LogP contribution in [0.25, 0.3) is 0 Å². The van der Waals surface area contributed by atoms with Crippen molar-refractivity contribution in [2.45, 2.75) is 6.92 Å². The first-order valence-corrected chi connectivity index (χ1v) is 7.81. The van der Waals surface area contributed by atoms with Gasteiger partial charge < -0.3 is 9.80 Å². The van der Waals surface area contributed by atoms with Crippen molar-refractivity contribution in [2.24, 2.45) is 0 Å². The quantitative estimate of drug-likeness (QED) is 0.849. The zero-order valence-electron chi connectivity index (χ0n) is 13.4. The maximum Gasteiger partial charge on any atom is 0.255 e. The molecule has 5 nitrogen and oxygen atoms in total. The first-order chi connectivity index (χ1) is 11.6. The smallest absolute Gasteiger partial charge is 0.255 e. The summed E-state index contributed by atoms with van der Waals surface area (Å²) in [6.07, 6.45) is 3.17. The fourth-order valence-corrected chi connectivity index (χ4v) is 2.74. The number of benzene rings is 1. The normalized spacial score (nSPS) is 14.6. The van der Waals surface area contributed by atoms with E-state index in [-0.39, 0.29) is 17.6 Å². The maximum atomic E-state index is 13.3. The number of hydrogen-bond donors (Lipinski definition) is 0. The number of carbonyl (C=O) groups is 2. The van der Waals surface area contributed by atoms with E-state index >= 15 is 0 Å². The van der Waals surface area contributed by atoms with E-state index < -0.39 is 0 Å². The van der Waals surface area contributed by atoms with Crippen molar-refractivity contribution in [1.29, 1.82) is 0 Å². The van der Waals surface area contributed by atoms with Crippen LogP contribution in [0.5, 0.6) is 0 Å². The minimum absolute atomic E-state index is 0.0761. The number of piperazine rings is 1. The zero-order chi connectivity index (χ0) is 17.1. The fraction of sp³-hybridized carbons (Fsp3) is 0.278. The van der Waals surface area contributed by atoms with E-state index in [4.69, 9.17) is 0 Å². The van der Waals surface area contributed by atoms with Crippen molar-refractivity contribution in [2.75, 3.05) is 26.2 Å². The van der Waals surface area contributed by atoms with Gasteiger partial charge in [-0.1, -0.05) is 0 Å². The Morgan fingerprint density at radius 3 is 2.17 bits per heavy atom. The second-order valence-electron chi connectivity index (χ2n) is 5.79. The van der Waals surface area contributed by atoms with Crippen molar-refractivity contribution in [3.05, 3.63) is 65.2 Å². The maximum absolute atomic E-state index is 13.3. The standard InChI is InChI=1S/C18H18FN3O2/c1-13-11-14(4-5-16(13)19)17(23)21-7-9-22(10-8-21)18(24)15-3-2-6-20-12-15/h2-6,11-12H,7-10H2,1H3. The molecule has 6 heteroatoms. The molecule has 1 fully saturated rings. The van der Waals surface area contributed by atoms with E-state index in [0.717, 1.165) is 0 Å². The molecular formula is C18H18FN3O2. The van der Waals surface area contributed by atoms with Crippen LogP contribution in [0.1, 0.15) is 26.3 Å². The molecule has 0 atom stereocenters. The number of carbonyl (C=O) groups excluding carboxylic acids is 2. The van der Waals surface area contributed by atoms with Crippen LogP contribution in [0.3, 0.4) is 0 Å². The molecule has 2 aromatic rings. The molecule has 1 aromatic carbocycles. The molecule has 0 unspecified atom stereocenters. The van der Waals surface area contributed by atoms with Gasteiger partial charge in [-0.3, -0.25) is 14.6 Å². The number of aromatic nitrogens is 1. The second kappa shape index (κ2) is 6.78. The number of rotatable bonds is 2. The SMILES string of the molecule is Cc1cc(C(=O)N2CCN(C(=O)c3cccnc3)CC2)ccc1F. The molecule has 124 valence electrons. The van der Waals surface area contributed by atoms with Crippen molar-refractivity contribution in [1.82, 2.24) is 14.8 Å². The Morgan fingerprint density at radius 1 is 1.00 bits per heavy atom. The first-order valence-electron chi connectivity index (χ1n) is 7.81. The van der Waals surface area contributed by atoms with Crippen molar-refractivity contribution < 1.29 is 14.0 Å². The van der Waals surface area contributed by atoms with Crippen LogP contribution in [-0.4, -0.2) is 52.8 Å². The number of nitrogens with zero attached hydrogens (tertiary/aromatic N) is 3. The summed E-state index contributed by atoms with van der Waals surface area (Å²) >= 11 is 0. The van der Waals surface area contributed by atoms with Gasteiger partial charge in [-0.25, -0.2) is 4.39 Å². The minimum Gasteiger partial charge on any atom is -0.335 e. The topological polar surface area (TPSA) is 53.5 Å². The van der Waals surface area contributed by atoms with Crippen LogP contribution >= 0.6 is 0 Å². The number of halogens is 1. The molecule has 2 amide bonds.